The van der Waals surface area contributed by atoms with Crippen molar-refractivity contribution in [1.29, 1.82) is 0 Å². The van der Waals surface area contributed by atoms with Crippen LogP contribution in [0.5, 0.6) is 0 Å². The number of fused-ring (bicyclic) bond motifs is 1. The van der Waals surface area contributed by atoms with Crippen LogP contribution >= 0.6 is 12.6 Å². The molecule has 2 aromatic heterocycles. The summed E-state index contributed by atoms with van der Waals surface area (Å²) in [6.45, 7) is 0. The summed E-state index contributed by atoms with van der Waals surface area (Å²) in [5.41, 5.74) is 2.46. The first-order valence-electron chi connectivity index (χ1n) is 9.37. The van der Waals surface area contributed by atoms with E-state index in [0.29, 0.717) is 5.92 Å². The van der Waals surface area contributed by atoms with Crippen molar-refractivity contribution in [3.63, 3.8) is 0 Å². The number of hydrogen-bond donors (Lipinski definition) is 1. The summed E-state index contributed by atoms with van der Waals surface area (Å²) in [6, 6.07) is 2.26. The molecular weight excluding hydrogens is 302 g/mol. The number of aromatic nitrogens is 3. The van der Waals surface area contributed by atoms with Gasteiger partial charge in [-0.05, 0) is 30.4 Å². The van der Waals surface area contributed by atoms with E-state index in [-0.39, 0.29) is 0 Å². The number of thiol groups is 1. The highest BCUT2D eigenvalue weighted by molar-refractivity contribution is 7.80. The summed E-state index contributed by atoms with van der Waals surface area (Å²) in [4.78, 5) is 4.19. The van der Waals surface area contributed by atoms with Gasteiger partial charge in [0.05, 0.1) is 5.52 Å². The van der Waals surface area contributed by atoms with Gasteiger partial charge >= 0.3 is 0 Å². The van der Waals surface area contributed by atoms with E-state index < -0.39 is 0 Å². The van der Waals surface area contributed by atoms with Gasteiger partial charge in [0, 0.05) is 6.20 Å². The third-order valence-electron chi connectivity index (χ3n) is 5.23. The number of rotatable bonds is 1. The Kier molecular flexibility index (Phi) is 6.37. The first-order chi connectivity index (χ1) is 11.3. The van der Waals surface area contributed by atoms with Gasteiger partial charge in [-0.15, -0.1) is 12.6 Å². The fraction of sp³-hybridized carbons (Fsp3) is 0.684. The predicted molar refractivity (Wildman–Crippen MR) is 98.4 cm³/mol. The second-order valence-electron chi connectivity index (χ2n) is 7.00. The Bertz CT molecular complexity index is 594. The number of hydrogen-bond acceptors (Lipinski definition) is 3. The Labute approximate surface area is 145 Å². The lowest BCUT2D eigenvalue weighted by Crippen LogP contribution is -1.99. The van der Waals surface area contributed by atoms with Gasteiger partial charge in [0.1, 0.15) is 11.4 Å². The summed E-state index contributed by atoms with van der Waals surface area (Å²) in [5, 5.41) is 5.10. The highest BCUT2D eigenvalue weighted by Crippen LogP contribution is 2.31. The third kappa shape index (κ3) is 4.72. The maximum atomic E-state index is 4.46. The molecule has 126 valence electrons. The van der Waals surface area contributed by atoms with Gasteiger partial charge in [0.25, 0.3) is 0 Å². The lowest BCUT2D eigenvalue weighted by atomic mass is 9.90. The Hall–Kier alpha value is -1.03. The van der Waals surface area contributed by atoms with Crippen LogP contribution in [0.3, 0.4) is 0 Å². The van der Waals surface area contributed by atoms with Crippen LogP contribution in [0.1, 0.15) is 88.5 Å². The molecule has 0 radical (unpaired) electrons. The van der Waals surface area contributed by atoms with Crippen molar-refractivity contribution < 1.29 is 0 Å². The van der Waals surface area contributed by atoms with Crippen LogP contribution in [-0.4, -0.2) is 14.6 Å². The smallest absolute Gasteiger partial charge is 0.137 e. The first-order valence-corrected chi connectivity index (χ1v) is 9.81. The third-order valence-corrected chi connectivity index (χ3v) is 5.58. The zero-order valence-electron chi connectivity index (χ0n) is 14.1. The van der Waals surface area contributed by atoms with Crippen LogP contribution < -0.4 is 0 Å². The van der Waals surface area contributed by atoms with Crippen LogP contribution in [0, 0.1) is 0 Å². The van der Waals surface area contributed by atoms with Crippen LogP contribution in [0.2, 0.25) is 0 Å². The fourth-order valence-corrected chi connectivity index (χ4v) is 4.05. The van der Waals surface area contributed by atoms with Crippen molar-refractivity contribution in [2.75, 3.05) is 0 Å². The van der Waals surface area contributed by atoms with E-state index in [0.717, 1.165) is 10.5 Å². The summed E-state index contributed by atoms with van der Waals surface area (Å²) in [6.07, 6.45) is 20.5. The van der Waals surface area contributed by atoms with Crippen molar-refractivity contribution in [2.45, 2.75) is 88.0 Å². The van der Waals surface area contributed by atoms with Gasteiger partial charge in [-0.1, -0.05) is 64.2 Å². The summed E-state index contributed by atoms with van der Waals surface area (Å²) in [5.74, 6) is 0.671. The molecule has 0 unspecified atom stereocenters. The molecule has 0 N–H and O–H groups in total. The van der Waals surface area contributed by atoms with Crippen molar-refractivity contribution in [2.24, 2.45) is 0 Å². The molecule has 2 aromatic rings. The zero-order chi connectivity index (χ0) is 15.9. The molecule has 1 fully saturated rings. The molecular formula is C19H29N3S. The monoisotopic (exact) mass is 331 g/mol. The SMILES string of the molecule is Sc1ncnn2cc(C3CCCCCCCCCCCC3)cc12. The Morgan fingerprint density at radius 1 is 0.870 bits per heavy atom. The zero-order valence-corrected chi connectivity index (χ0v) is 15.0. The van der Waals surface area contributed by atoms with E-state index in [1.807, 2.05) is 4.52 Å². The molecule has 0 amide bonds. The van der Waals surface area contributed by atoms with Crippen LogP contribution in [0.15, 0.2) is 23.6 Å². The maximum absolute atomic E-state index is 4.46. The van der Waals surface area contributed by atoms with E-state index >= 15 is 0 Å². The van der Waals surface area contributed by atoms with E-state index in [4.69, 9.17) is 0 Å². The molecule has 1 saturated carbocycles. The summed E-state index contributed by atoms with van der Waals surface area (Å²) < 4.78 is 1.94. The summed E-state index contributed by atoms with van der Waals surface area (Å²) in [7, 11) is 0. The molecule has 23 heavy (non-hydrogen) atoms. The normalized spacial score (nSPS) is 19.9. The highest BCUT2D eigenvalue weighted by Gasteiger charge is 2.15. The molecule has 1 aliphatic carbocycles. The molecule has 0 aliphatic heterocycles. The minimum Gasteiger partial charge on any atom is -0.237 e. The van der Waals surface area contributed by atoms with Crippen molar-refractivity contribution in [1.82, 2.24) is 14.6 Å². The van der Waals surface area contributed by atoms with Crippen molar-refractivity contribution in [3.8, 4) is 0 Å². The van der Waals surface area contributed by atoms with E-state index in [9.17, 15) is 0 Å². The maximum Gasteiger partial charge on any atom is 0.137 e. The van der Waals surface area contributed by atoms with Gasteiger partial charge in [-0.3, -0.25) is 0 Å². The van der Waals surface area contributed by atoms with Crippen LogP contribution in [-0.2, 0) is 0 Å². The van der Waals surface area contributed by atoms with E-state index in [2.05, 4.69) is 35.0 Å². The Morgan fingerprint density at radius 3 is 2.00 bits per heavy atom. The molecule has 0 aromatic carbocycles. The Morgan fingerprint density at radius 2 is 1.43 bits per heavy atom. The average molecular weight is 332 g/mol. The first kappa shape index (κ1) is 16.8. The average Bonchev–Trinajstić information content (AvgIpc) is 2.99. The van der Waals surface area contributed by atoms with Gasteiger partial charge in [0.15, 0.2) is 0 Å². The van der Waals surface area contributed by atoms with Crippen molar-refractivity contribution >= 4 is 18.1 Å². The predicted octanol–water partition coefficient (Wildman–Crippen LogP) is 5.80. The fourth-order valence-electron chi connectivity index (χ4n) is 3.83. The minimum atomic E-state index is 0.671. The molecule has 2 heterocycles. The van der Waals surface area contributed by atoms with Gasteiger partial charge < -0.3 is 0 Å². The second kappa shape index (κ2) is 8.72. The van der Waals surface area contributed by atoms with Crippen LogP contribution in [0.25, 0.3) is 5.52 Å². The molecule has 1 aliphatic rings. The Balaban J connectivity index is 1.71. The molecule has 3 nitrogen and oxygen atoms in total. The molecule has 0 spiro atoms. The van der Waals surface area contributed by atoms with Gasteiger partial charge in [0.2, 0.25) is 0 Å². The second-order valence-corrected chi connectivity index (χ2v) is 7.42. The van der Waals surface area contributed by atoms with Crippen molar-refractivity contribution in [3.05, 3.63) is 24.2 Å². The highest BCUT2D eigenvalue weighted by atomic mass is 32.1. The number of nitrogens with zero attached hydrogens (tertiary/aromatic N) is 3. The minimum absolute atomic E-state index is 0.671. The molecule has 0 atom stereocenters. The largest absolute Gasteiger partial charge is 0.237 e. The van der Waals surface area contributed by atoms with Crippen LogP contribution in [0.4, 0.5) is 0 Å². The lowest BCUT2D eigenvalue weighted by Gasteiger charge is -2.15. The molecule has 0 bridgehead atoms. The summed E-state index contributed by atoms with van der Waals surface area (Å²) >= 11 is 4.46. The quantitative estimate of drug-likeness (QED) is 0.670. The van der Waals surface area contributed by atoms with E-state index in [1.165, 1.54) is 82.6 Å². The molecule has 3 rings (SSSR count). The molecule has 4 heteroatoms. The van der Waals surface area contributed by atoms with Gasteiger partial charge in [-0.2, -0.15) is 5.10 Å². The van der Waals surface area contributed by atoms with Gasteiger partial charge in [-0.25, -0.2) is 9.50 Å². The molecule has 0 saturated heterocycles. The topological polar surface area (TPSA) is 30.2 Å². The lowest BCUT2D eigenvalue weighted by molar-refractivity contribution is 0.501. The standard InChI is InChI=1S/C19H29N3S/c23-19-18-13-17(14-22(18)21-15-20-19)16-11-9-7-5-3-1-2-4-6-8-10-12-16/h13-16H,1-12H2,(H,20,21,23). The van der Waals surface area contributed by atoms with E-state index in [1.54, 1.807) is 6.33 Å².